The summed E-state index contributed by atoms with van der Waals surface area (Å²) in [4.78, 5) is 4.09. The first-order valence-electron chi connectivity index (χ1n) is 7.04. The second-order valence-electron chi connectivity index (χ2n) is 5.08. The van der Waals surface area contributed by atoms with E-state index in [1.54, 1.807) is 0 Å². The van der Waals surface area contributed by atoms with Gasteiger partial charge in [-0.1, -0.05) is 36.4 Å². The van der Waals surface area contributed by atoms with Gasteiger partial charge in [-0.05, 0) is 12.3 Å². The molecule has 0 bridgehead atoms. The summed E-state index contributed by atoms with van der Waals surface area (Å²) in [5.41, 5.74) is 0.909. The molecule has 0 spiro atoms. The average molecular weight is 282 g/mol. The molecule has 1 aromatic heterocycles. The van der Waals surface area contributed by atoms with E-state index in [1.807, 2.05) is 43.3 Å². The number of nitrogens with zero attached hydrogens (tertiary/aromatic N) is 2. The Hall–Kier alpha value is -2.40. The Morgan fingerprint density at radius 1 is 1.24 bits per heavy atom. The van der Waals surface area contributed by atoms with Crippen molar-refractivity contribution in [3.8, 4) is 5.75 Å². The summed E-state index contributed by atoms with van der Waals surface area (Å²) < 4.78 is 0. The van der Waals surface area contributed by atoms with E-state index in [0.29, 0.717) is 5.75 Å². The lowest BCUT2D eigenvalue weighted by atomic mass is 10.0. The summed E-state index contributed by atoms with van der Waals surface area (Å²) >= 11 is 0. The van der Waals surface area contributed by atoms with Crippen LogP contribution in [0.3, 0.4) is 0 Å². The number of aromatic nitrogens is 3. The predicted molar refractivity (Wildman–Crippen MR) is 82.1 cm³/mol. The zero-order valence-electron chi connectivity index (χ0n) is 11.9. The summed E-state index contributed by atoms with van der Waals surface area (Å²) in [6, 6.07) is 11.9. The summed E-state index contributed by atoms with van der Waals surface area (Å²) in [5.74, 6) is 1.21. The van der Waals surface area contributed by atoms with Crippen LogP contribution in [0.15, 0.2) is 42.7 Å². The summed E-state index contributed by atoms with van der Waals surface area (Å²) in [7, 11) is 0. The molecular formula is C16H18N4O. The van der Waals surface area contributed by atoms with Gasteiger partial charge < -0.3 is 10.4 Å². The van der Waals surface area contributed by atoms with Gasteiger partial charge in [0, 0.05) is 30.0 Å². The third kappa shape index (κ3) is 2.87. The van der Waals surface area contributed by atoms with Crippen molar-refractivity contribution in [2.45, 2.75) is 19.4 Å². The Balaban J connectivity index is 1.72. The molecule has 3 aromatic rings. The Kier molecular flexibility index (Phi) is 3.83. The molecule has 5 nitrogen and oxygen atoms in total. The molecule has 2 aromatic carbocycles. The SMILES string of the molecule is CC(NCCc1ncn[nH]1)c1ccc2ccccc2c1O. The zero-order valence-corrected chi connectivity index (χ0v) is 11.9. The summed E-state index contributed by atoms with van der Waals surface area (Å²) in [6.45, 7) is 2.81. The highest BCUT2D eigenvalue weighted by Gasteiger charge is 2.12. The number of aromatic amines is 1. The fourth-order valence-electron chi connectivity index (χ4n) is 2.49. The number of phenolic OH excluding ortho intramolecular Hbond substituents is 1. The van der Waals surface area contributed by atoms with Crippen LogP contribution < -0.4 is 5.32 Å². The fraction of sp³-hybridized carbons (Fsp3) is 0.250. The van der Waals surface area contributed by atoms with E-state index in [0.717, 1.165) is 35.1 Å². The highest BCUT2D eigenvalue weighted by Crippen LogP contribution is 2.32. The van der Waals surface area contributed by atoms with Crippen LogP contribution in [0.5, 0.6) is 5.75 Å². The first kappa shape index (κ1) is 13.6. The lowest BCUT2D eigenvalue weighted by Crippen LogP contribution is -2.21. The molecule has 0 aliphatic rings. The minimum absolute atomic E-state index is 0.0672. The molecule has 1 atom stereocenters. The van der Waals surface area contributed by atoms with Crippen LogP contribution >= 0.6 is 0 Å². The maximum atomic E-state index is 10.4. The van der Waals surface area contributed by atoms with Gasteiger partial charge in [0.15, 0.2) is 0 Å². The molecule has 21 heavy (non-hydrogen) atoms. The molecular weight excluding hydrogens is 264 g/mol. The van der Waals surface area contributed by atoms with E-state index in [1.165, 1.54) is 6.33 Å². The van der Waals surface area contributed by atoms with Crippen molar-refractivity contribution >= 4 is 10.8 Å². The van der Waals surface area contributed by atoms with Crippen LogP contribution in [0, 0.1) is 0 Å². The number of hydrogen-bond acceptors (Lipinski definition) is 4. The van der Waals surface area contributed by atoms with Crippen molar-refractivity contribution in [1.29, 1.82) is 0 Å². The van der Waals surface area contributed by atoms with Crippen LogP contribution in [-0.4, -0.2) is 26.8 Å². The smallest absolute Gasteiger partial charge is 0.137 e. The van der Waals surface area contributed by atoms with Crippen LogP contribution in [0.2, 0.25) is 0 Å². The second-order valence-corrected chi connectivity index (χ2v) is 5.08. The van der Waals surface area contributed by atoms with Gasteiger partial charge in [-0.15, -0.1) is 0 Å². The quantitative estimate of drug-likeness (QED) is 0.672. The normalized spacial score (nSPS) is 12.6. The molecule has 0 radical (unpaired) electrons. The standard InChI is InChI=1S/C16H18N4O/c1-11(17-9-8-15-18-10-19-20-15)13-7-6-12-4-2-3-5-14(12)16(13)21/h2-7,10-11,17,21H,8-9H2,1H3,(H,18,19,20). The molecule has 108 valence electrons. The van der Waals surface area contributed by atoms with Crippen molar-refractivity contribution < 1.29 is 5.11 Å². The van der Waals surface area contributed by atoms with E-state index in [9.17, 15) is 5.11 Å². The third-order valence-electron chi connectivity index (χ3n) is 3.68. The molecule has 0 aliphatic carbocycles. The van der Waals surface area contributed by atoms with E-state index in [2.05, 4.69) is 20.5 Å². The molecule has 1 unspecified atom stereocenters. The van der Waals surface area contributed by atoms with Gasteiger partial charge in [0.05, 0.1) is 0 Å². The number of fused-ring (bicyclic) bond motifs is 1. The number of aromatic hydroxyl groups is 1. The van der Waals surface area contributed by atoms with Gasteiger partial charge in [0.2, 0.25) is 0 Å². The van der Waals surface area contributed by atoms with E-state index >= 15 is 0 Å². The highest BCUT2D eigenvalue weighted by atomic mass is 16.3. The van der Waals surface area contributed by atoms with Crippen molar-refractivity contribution in [3.63, 3.8) is 0 Å². The Morgan fingerprint density at radius 2 is 2.10 bits per heavy atom. The molecule has 0 saturated heterocycles. The number of rotatable bonds is 5. The van der Waals surface area contributed by atoms with Gasteiger partial charge in [0.1, 0.15) is 17.9 Å². The summed E-state index contributed by atoms with van der Waals surface area (Å²) in [6.07, 6.45) is 2.28. The fourth-order valence-corrected chi connectivity index (χ4v) is 2.49. The minimum Gasteiger partial charge on any atom is -0.507 e. The highest BCUT2D eigenvalue weighted by molar-refractivity contribution is 5.89. The number of nitrogens with one attached hydrogen (secondary N) is 2. The minimum atomic E-state index is 0.0672. The van der Waals surface area contributed by atoms with E-state index in [4.69, 9.17) is 0 Å². The summed E-state index contributed by atoms with van der Waals surface area (Å²) in [5, 5.41) is 22.4. The van der Waals surface area contributed by atoms with E-state index in [-0.39, 0.29) is 6.04 Å². The maximum Gasteiger partial charge on any atom is 0.137 e. The molecule has 3 rings (SSSR count). The van der Waals surface area contributed by atoms with Crippen molar-refractivity contribution in [3.05, 3.63) is 54.1 Å². The van der Waals surface area contributed by atoms with Crippen LogP contribution in [-0.2, 0) is 6.42 Å². The Morgan fingerprint density at radius 3 is 2.90 bits per heavy atom. The molecule has 0 amide bonds. The van der Waals surface area contributed by atoms with Crippen molar-refractivity contribution in [2.24, 2.45) is 0 Å². The first-order valence-corrected chi connectivity index (χ1v) is 7.04. The van der Waals surface area contributed by atoms with Crippen LogP contribution in [0.4, 0.5) is 0 Å². The molecule has 0 aliphatic heterocycles. The maximum absolute atomic E-state index is 10.4. The molecule has 1 heterocycles. The Bertz CT molecular complexity index is 724. The number of benzene rings is 2. The predicted octanol–water partition coefficient (Wildman–Crippen LogP) is 2.56. The van der Waals surface area contributed by atoms with Gasteiger partial charge in [0.25, 0.3) is 0 Å². The van der Waals surface area contributed by atoms with Crippen LogP contribution in [0.25, 0.3) is 10.8 Å². The number of hydrogen-bond donors (Lipinski definition) is 3. The van der Waals surface area contributed by atoms with Gasteiger partial charge in [-0.3, -0.25) is 5.10 Å². The molecule has 0 saturated carbocycles. The molecule has 0 fully saturated rings. The molecule has 3 N–H and O–H groups in total. The van der Waals surface area contributed by atoms with Crippen molar-refractivity contribution in [2.75, 3.05) is 6.54 Å². The largest absolute Gasteiger partial charge is 0.507 e. The monoisotopic (exact) mass is 282 g/mol. The zero-order chi connectivity index (χ0) is 14.7. The first-order chi connectivity index (χ1) is 10.3. The average Bonchev–Trinajstić information content (AvgIpc) is 3.01. The van der Waals surface area contributed by atoms with Gasteiger partial charge >= 0.3 is 0 Å². The Labute approximate surface area is 123 Å². The number of phenols is 1. The van der Waals surface area contributed by atoms with Crippen molar-refractivity contribution in [1.82, 2.24) is 20.5 Å². The van der Waals surface area contributed by atoms with Gasteiger partial charge in [-0.25, -0.2) is 4.98 Å². The molecule has 5 heteroatoms. The third-order valence-corrected chi connectivity index (χ3v) is 3.68. The number of H-pyrrole nitrogens is 1. The van der Waals surface area contributed by atoms with E-state index < -0.39 is 0 Å². The topological polar surface area (TPSA) is 73.8 Å². The lowest BCUT2D eigenvalue weighted by molar-refractivity contribution is 0.459. The lowest BCUT2D eigenvalue weighted by Gasteiger charge is -2.16. The van der Waals surface area contributed by atoms with Crippen LogP contribution in [0.1, 0.15) is 24.4 Å². The van der Waals surface area contributed by atoms with Gasteiger partial charge in [-0.2, -0.15) is 5.10 Å². The second kappa shape index (κ2) is 5.93.